The SMILES string of the molecule is COc1ccc(OCCCN2CCC(c3nnc4n3CCCCC4)CC2)cc1. The molecule has 0 unspecified atom stereocenters. The number of aromatic nitrogens is 3. The lowest BCUT2D eigenvalue weighted by molar-refractivity contribution is 0.189. The van der Waals surface area contributed by atoms with Crippen molar-refractivity contribution in [3.63, 3.8) is 0 Å². The van der Waals surface area contributed by atoms with Crippen LogP contribution < -0.4 is 9.47 Å². The number of aryl methyl sites for hydroxylation is 1. The molecule has 0 saturated carbocycles. The van der Waals surface area contributed by atoms with Crippen LogP contribution in [0.4, 0.5) is 0 Å². The van der Waals surface area contributed by atoms with Gasteiger partial charge in [0.2, 0.25) is 0 Å². The average Bonchev–Trinajstić information content (AvgIpc) is 3.00. The number of methoxy groups -OCH3 is 1. The first kappa shape index (κ1) is 19.2. The molecular weight excluding hydrogens is 352 g/mol. The van der Waals surface area contributed by atoms with E-state index in [0.29, 0.717) is 5.92 Å². The van der Waals surface area contributed by atoms with Crippen molar-refractivity contribution >= 4 is 0 Å². The van der Waals surface area contributed by atoms with Crippen molar-refractivity contribution in [2.24, 2.45) is 0 Å². The Balaban J connectivity index is 1.19. The minimum atomic E-state index is 0.575. The highest BCUT2D eigenvalue weighted by Crippen LogP contribution is 2.29. The molecule has 0 atom stereocenters. The Labute approximate surface area is 167 Å². The van der Waals surface area contributed by atoms with E-state index in [1.54, 1.807) is 7.11 Å². The van der Waals surface area contributed by atoms with Crippen molar-refractivity contribution in [3.05, 3.63) is 35.9 Å². The molecular formula is C22H32N4O2. The summed E-state index contributed by atoms with van der Waals surface area (Å²) in [6, 6.07) is 7.80. The van der Waals surface area contributed by atoms with Crippen LogP contribution in [0.25, 0.3) is 0 Å². The van der Waals surface area contributed by atoms with Crippen LogP contribution in [-0.4, -0.2) is 53.0 Å². The van der Waals surface area contributed by atoms with Crippen molar-refractivity contribution in [2.75, 3.05) is 33.4 Å². The fourth-order valence-electron chi connectivity index (χ4n) is 4.37. The molecule has 0 bridgehead atoms. The van der Waals surface area contributed by atoms with Crippen LogP contribution in [0.1, 0.15) is 56.1 Å². The summed E-state index contributed by atoms with van der Waals surface area (Å²) < 4.78 is 13.4. The zero-order valence-electron chi connectivity index (χ0n) is 17.0. The van der Waals surface area contributed by atoms with E-state index in [1.165, 1.54) is 43.8 Å². The highest BCUT2D eigenvalue weighted by Gasteiger charge is 2.26. The minimum Gasteiger partial charge on any atom is -0.497 e. The van der Waals surface area contributed by atoms with Gasteiger partial charge >= 0.3 is 0 Å². The normalized spacial score (nSPS) is 18.5. The summed E-state index contributed by atoms with van der Waals surface area (Å²) in [4.78, 5) is 2.56. The van der Waals surface area contributed by atoms with E-state index >= 15 is 0 Å². The summed E-state index contributed by atoms with van der Waals surface area (Å²) in [5.41, 5.74) is 0. The summed E-state index contributed by atoms with van der Waals surface area (Å²) in [5.74, 6) is 4.81. The summed E-state index contributed by atoms with van der Waals surface area (Å²) in [5, 5.41) is 9.06. The topological polar surface area (TPSA) is 52.4 Å². The largest absolute Gasteiger partial charge is 0.497 e. The molecule has 0 radical (unpaired) electrons. The fraction of sp³-hybridized carbons (Fsp3) is 0.636. The van der Waals surface area contributed by atoms with Crippen molar-refractivity contribution in [1.29, 1.82) is 0 Å². The number of hydrogen-bond donors (Lipinski definition) is 0. The molecule has 1 aromatic heterocycles. The zero-order chi connectivity index (χ0) is 19.2. The molecule has 6 nitrogen and oxygen atoms in total. The standard InChI is InChI=1S/C22H32N4O2/c1-27-19-7-9-20(10-8-19)28-17-5-13-25-15-11-18(12-16-25)22-24-23-21-6-3-2-4-14-26(21)22/h7-10,18H,2-6,11-17H2,1H3. The highest BCUT2D eigenvalue weighted by molar-refractivity contribution is 5.31. The van der Waals surface area contributed by atoms with Crippen LogP contribution in [0, 0.1) is 0 Å². The lowest BCUT2D eigenvalue weighted by atomic mass is 9.95. The molecule has 1 fully saturated rings. The molecule has 0 spiro atoms. The molecule has 6 heteroatoms. The fourth-order valence-corrected chi connectivity index (χ4v) is 4.37. The summed E-state index contributed by atoms with van der Waals surface area (Å²) >= 11 is 0. The minimum absolute atomic E-state index is 0.575. The summed E-state index contributed by atoms with van der Waals surface area (Å²) in [6.07, 6.45) is 8.38. The number of piperidine rings is 1. The Morgan fingerprint density at radius 3 is 2.54 bits per heavy atom. The number of rotatable bonds is 7. The van der Waals surface area contributed by atoms with Crippen LogP contribution in [0.15, 0.2) is 24.3 Å². The van der Waals surface area contributed by atoms with Crippen molar-refractivity contribution in [3.8, 4) is 11.5 Å². The van der Waals surface area contributed by atoms with Crippen molar-refractivity contribution in [1.82, 2.24) is 19.7 Å². The van der Waals surface area contributed by atoms with Crippen LogP contribution in [-0.2, 0) is 13.0 Å². The molecule has 2 aliphatic heterocycles. The molecule has 2 aliphatic rings. The van der Waals surface area contributed by atoms with E-state index in [-0.39, 0.29) is 0 Å². The highest BCUT2D eigenvalue weighted by atomic mass is 16.5. The van der Waals surface area contributed by atoms with Crippen LogP contribution in [0.5, 0.6) is 11.5 Å². The number of benzene rings is 1. The third-order valence-electron chi connectivity index (χ3n) is 6.04. The lowest BCUT2D eigenvalue weighted by Crippen LogP contribution is -2.35. The molecule has 0 aliphatic carbocycles. The molecule has 4 rings (SSSR count). The second kappa shape index (κ2) is 9.41. The smallest absolute Gasteiger partial charge is 0.136 e. The van der Waals surface area contributed by atoms with E-state index in [2.05, 4.69) is 19.7 Å². The molecule has 0 N–H and O–H groups in total. The van der Waals surface area contributed by atoms with Gasteiger partial charge < -0.3 is 18.9 Å². The number of fused-ring (bicyclic) bond motifs is 1. The maximum Gasteiger partial charge on any atom is 0.136 e. The van der Waals surface area contributed by atoms with Gasteiger partial charge in [-0.1, -0.05) is 6.42 Å². The molecule has 0 amide bonds. The lowest BCUT2D eigenvalue weighted by Gasteiger charge is -2.31. The van der Waals surface area contributed by atoms with Gasteiger partial charge in [-0.2, -0.15) is 0 Å². The van der Waals surface area contributed by atoms with Gasteiger partial charge in [-0.25, -0.2) is 0 Å². The van der Waals surface area contributed by atoms with E-state index in [4.69, 9.17) is 9.47 Å². The Hall–Kier alpha value is -2.08. The van der Waals surface area contributed by atoms with Crippen molar-refractivity contribution in [2.45, 2.75) is 57.4 Å². The van der Waals surface area contributed by atoms with Gasteiger partial charge in [0.15, 0.2) is 0 Å². The van der Waals surface area contributed by atoms with Crippen LogP contribution >= 0.6 is 0 Å². The van der Waals surface area contributed by atoms with Gasteiger partial charge in [0.1, 0.15) is 23.1 Å². The average molecular weight is 385 g/mol. The molecule has 3 heterocycles. The zero-order valence-corrected chi connectivity index (χ0v) is 17.0. The molecule has 152 valence electrons. The maximum atomic E-state index is 5.85. The number of nitrogens with zero attached hydrogens (tertiary/aromatic N) is 4. The first-order valence-corrected chi connectivity index (χ1v) is 10.7. The van der Waals surface area contributed by atoms with Crippen LogP contribution in [0.3, 0.4) is 0 Å². The van der Waals surface area contributed by atoms with Gasteiger partial charge in [-0.15, -0.1) is 10.2 Å². The van der Waals surface area contributed by atoms with Crippen LogP contribution in [0.2, 0.25) is 0 Å². The second-order valence-corrected chi connectivity index (χ2v) is 7.93. The Morgan fingerprint density at radius 1 is 0.964 bits per heavy atom. The number of likely N-dealkylation sites (tertiary alicyclic amines) is 1. The van der Waals surface area contributed by atoms with Gasteiger partial charge in [0, 0.05) is 25.4 Å². The van der Waals surface area contributed by atoms with Gasteiger partial charge in [-0.3, -0.25) is 0 Å². The third-order valence-corrected chi connectivity index (χ3v) is 6.04. The van der Waals surface area contributed by atoms with Gasteiger partial charge in [0.05, 0.1) is 13.7 Å². The number of ether oxygens (including phenoxy) is 2. The Kier molecular flexibility index (Phi) is 6.47. The third kappa shape index (κ3) is 4.66. The first-order valence-electron chi connectivity index (χ1n) is 10.7. The molecule has 1 aromatic carbocycles. The van der Waals surface area contributed by atoms with Crippen molar-refractivity contribution < 1.29 is 9.47 Å². The summed E-state index contributed by atoms with van der Waals surface area (Å²) in [7, 11) is 1.68. The van der Waals surface area contributed by atoms with Gasteiger partial charge in [0.25, 0.3) is 0 Å². The van der Waals surface area contributed by atoms with Gasteiger partial charge in [-0.05, 0) is 69.5 Å². The predicted octanol–water partition coefficient (Wildman–Crippen LogP) is 3.66. The first-order chi connectivity index (χ1) is 13.8. The number of hydrogen-bond acceptors (Lipinski definition) is 5. The Bertz CT molecular complexity index is 735. The predicted molar refractivity (Wildman–Crippen MR) is 109 cm³/mol. The monoisotopic (exact) mass is 384 g/mol. The maximum absolute atomic E-state index is 5.85. The van der Waals surface area contributed by atoms with E-state index in [1.807, 2.05) is 24.3 Å². The second-order valence-electron chi connectivity index (χ2n) is 7.93. The van der Waals surface area contributed by atoms with E-state index < -0.39 is 0 Å². The quantitative estimate of drug-likeness (QED) is 0.682. The van der Waals surface area contributed by atoms with E-state index in [9.17, 15) is 0 Å². The molecule has 2 aromatic rings. The molecule has 28 heavy (non-hydrogen) atoms. The summed E-state index contributed by atoms with van der Waals surface area (Å²) in [6.45, 7) is 5.26. The Morgan fingerprint density at radius 2 is 1.75 bits per heavy atom. The van der Waals surface area contributed by atoms with E-state index in [0.717, 1.165) is 57.1 Å². The molecule has 1 saturated heterocycles.